The molecule has 3 saturated carbocycles. The maximum Gasteiger partial charge on any atom is 0.308 e. The van der Waals surface area contributed by atoms with E-state index in [-0.39, 0.29) is 17.2 Å². The van der Waals surface area contributed by atoms with E-state index in [1.807, 2.05) is 42.1 Å². The second kappa shape index (κ2) is 7.47. The van der Waals surface area contributed by atoms with E-state index in [0.29, 0.717) is 23.2 Å². The molecule has 3 aromatic heterocycles. The number of aryl methyl sites for hydroxylation is 1. The lowest BCUT2D eigenvalue weighted by atomic mass is 9.61. The molecule has 6 rings (SSSR count). The number of hydrogen-bond acceptors (Lipinski definition) is 5. The normalized spacial score (nSPS) is 25.4. The zero-order valence-corrected chi connectivity index (χ0v) is 17.3. The molecule has 3 aromatic rings. The van der Waals surface area contributed by atoms with Crippen molar-refractivity contribution in [2.24, 2.45) is 24.8 Å². The Hall–Kier alpha value is -2.80. The predicted octanol–water partition coefficient (Wildman–Crippen LogP) is 4.70. The summed E-state index contributed by atoms with van der Waals surface area (Å²) < 4.78 is 7.99. The molecule has 0 aromatic carbocycles. The number of nitrogens with one attached hydrogen (secondary N) is 1. The Kier molecular flexibility index (Phi) is 4.77. The molecule has 0 radical (unpaired) electrons. The molecule has 3 heterocycles. The summed E-state index contributed by atoms with van der Waals surface area (Å²) in [6, 6.07) is 9.32. The highest BCUT2D eigenvalue weighted by molar-refractivity contribution is 6.28. The van der Waals surface area contributed by atoms with Gasteiger partial charge in [-0.3, -0.25) is 4.79 Å². The standard InChI is InChI=1S/C22H23ClN4O3/c1-27-10-2-3-15(27)17-9-8-16(30-17)14-11-18(26-22(23)24-14)25-20-13-6-4-12(5-7-13)19(20)21(28)29/h2-3,8-13,19-20H,4-7H2,1H3,(H,28,29)(H,24,25,26). The van der Waals surface area contributed by atoms with Crippen LogP contribution in [0.4, 0.5) is 5.82 Å². The first kappa shape index (κ1) is 19.2. The van der Waals surface area contributed by atoms with Crippen LogP contribution in [0.1, 0.15) is 25.7 Å². The minimum absolute atomic E-state index is 0.0969. The second-order valence-corrected chi connectivity index (χ2v) is 8.62. The SMILES string of the molecule is Cn1cccc1-c1ccc(-c2cc(NC3C4CCC(CC4)C3C(=O)O)nc(Cl)n2)o1. The molecule has 2 atom stereocenters. The predicted molar refractivity (Wildman–Crippen MR) is 113 cm³/mol. The van der Waals surface area contributed by atoms with Crippen LogP contribution in [-0.2, 0) is 11.8 Å². The molecule has 2 unspecified atom stereocenters. The van der Waals surface area contributed by atoms with Crippen molar-refractivity contribution in [2.45, 2.75) is 31.7 Å². The second-order valence-electron chi connectivity index (χ2n) is 8.28. The fourth-order valence-electron chi connectivity index (χ4n) is 5.13. The molecule has 3 aliphatic rings. The maximum atomic E-state index is 11.9. The Morgan fingerprint density at radius 2 is 1.90 bits per heavy atom. The molecule has 3 aliphatic carbocycles. The first-order valence-electron chi connectivity index (χ1n) is 10.3. The average Bonchev–Trinajstić information content (AvgIpc) is 3.37. The van der Waals surface area contributed by atoms with Gasteiger partial charge in [0.15, 0.2) is 11.5 Å². The Bertz CT molecular complexity index is 1080. The van der Waals surface area contributed by atoms with Crippen molar-refractivity contribution in [1.29, 1.82) is 0 Å². The zero-order chi connectivity index (χ0) is 20.8. The summed E-state index contributed by atoms with van der Waals surface area (Å²) in [7, 11) is 1.96. The third-order valence-electron chi connectivity index (χ3n) is 6.57. The number of anilines is 1. The number of aromatic nitrogens is 3. The van der Waals surface area contributed by atoms with E-state index in [0.717, 1.165) is 37.1 Å². The molecule has 0 saturated heterocycles. The van der Waals surface area contributed by atoms with Crippen LogP contribution in [0.15, 0.2) is 40.9 Å². The molecule has 0 amide bonds. The minimum Gasteiger partial charge on any atom is -0.481 e. The van der Waals surface area contributed by atoms with Crippen LogP contribution >= 0.6 is 11.6 Å². The summed E-state index contributed by atoms with van der Waals surface area (Å²) in [4.78, 5) is 20.5. The molecular weight excluding hydrogens is 404 g/mol. The Labute approximate surface area is 179 Å². The van der Waals surface area contributed by atoms with Gasteiger partial charge in [0, 0.05) is 25.4 Å². The van der Waals surface area contributed by atoms with Crippen LogP contribution in [-0.4, -0.2) is 31.7 Å². The lowest BCUT2D eigenvalue weighted by Gasteiger charge is -2.47. The number of aliphatic carboxylic acids is 1. The van der Waals surface area contributed by atoms with Gasteiger partial charge in [-0.1, -0.05) is 0 Å². The van der Waals surface area contributed by atoms with Crippen molar-refractivity contribution < 1.29 is 14.3 Å². The van der Waals surface area contributed by atoms with Gasteiger partial charge >= 0.3 is 5.97 Å². The molecule has 7 nitrogen and oxygen atoms in total. The molecule has 3 fully saturated rings. The Balaban J connectivity index is 1.44. The van der Waals surface area contributed by atoms with Crippen LogP contribution < -0.4 is 5.32 Å². The van der Waals surface area contributed by atoms with Crippen LogP contribution in [0.3, 0.4) is 0 Å². The summed E-state index contributed by atoms with van der Waals surface area (Å²) in [5.41, 5.74) is 1.52. The van der Waals surface area contributed by atoms with Gasteiger partial charge in [0.05, 0.1) is 11.6 Å². The molecule has 156 valence electrons. The number of nitrogens with zero attached hydrogens (tertiary/aromatic N) is 3. The van der Waals surface area contributed by atoms with E-state index >= 15 is 0 Å². The van der Waals surface area contributed by atoms with Crippen LogP contribution in [0, 0.1) is 17.8 Å². The van der Waals surface area contributed by atoms with E-state index in [1.165, 1.54) is 0 Å². The van der Waals surface area contributed by atoms with Gasteiger partial charge in [0.2, 0.25) is 5.28 Å². The highest BCUT2D eigenvalue weighted by atomic mass is 35.5. The summed E-state index contributed by atoms with van der Waals surface area (Å²) in [6.07, 6.45) is 6.04. The number of carboxylic acids is 1. The smallest absolute Gasteiger partial charge is 0.308 e. The summed E-state index contributed by atoms with van der Waals surface area (Å²) in [6.45, 7) is 0. The van der Waals surface area contributed by atoms with Crippen molar-refractivity contribution in [2.75, 3.05) is 5.32 Å². The van der Waals surface area contributed by atoms with Crippen LogP contribution in [0.5, 0.6) is 0 Å². The summed E-state index contributed by atoms with van der Waals surface area (Å²) in [5, 5.41) is 13.3. The first-order chi connectivity index (χ1) is 14.5. The third kappa shape index (κ3) is 3.37. The molecule has 0 aliphatic heterocycles. The van der Waals surface area contributed by atoms with E-state index in [2.05, 4.69) is 15.3 Å². The number of carbonyl (C=O) groups is 1. The number of rotatable bonds is 5. The fourth-order valence-corrected chi connectivity index (χ4v) is 5.31. The molecule has 2 N–H and O–H groups in total. The fraction of sp³-hybridized carbons (Fsp3) is 0.409. The maximum absolute atomic E-state index is 11.9. The highest BCUT2D eigenvalue weighted by Crippen LogP contribution is 2.46. The van der Waals surface area contributed by atoms with Crippen molar-refractivity contribution >= 4 is 23.4 Å². The Morgan fingerprint density at radius 3 is 2.60 bits per heavy atom. The quantitative estimate of drug-likeness (QED) is 0.574. The van der Waals surface area contributed by atoms with Crippen molar-refractivity contribution in [1.82, 2.24) is 14.5 Å². The number of carboxylic acid groups (broad SMARTS) is 1. The molecule has 0 spiro atoms. The summed E-state index contributed by atoms with van der Waals surface area (Å²) in [5.74, 6) is 1.27. The number of halogens is 1. The van der Waals surface area contributed by atoms with Gasteiger partial charge in [0.1, 0.15) is 11.5 Å². The van der Waals surface area contributed by atoms with Crippen molar-refractivity contribution in [3.8, 4) is 22.9 Å². The lowest BCUT2D eigenvalue weighted by molar-refractivity contribution is -0.148. The van der Waals surface area contributed by atoms with E-state index in [4.69, 9.17) is 16.0 Å². The Morgan fingerprint density at radius 1 is 1.17 bits per heavy atom. The topological polar surface area (TPSA) is 93.2 Å². The molecule has 8 heteroatoms. The summed E-state index contributed by atoms with van der Waals surface area (Å²) >= 11 is 6.20. The zero-order valence-electron chi connectivity index (χ0n) is 16.6. The van der Waals surface area contributed by atoms with Crippen LogP contribution in [0.2, 0.25) is 5.28 Å². The minimum atomic E-state index is -0.736. The molecule has 2 bridgehead atoms. The highest BCUT2D eigenvalue weighted by Gasteiger charge is 2.47. The van der Waals surface area contributed by atoms with E-state index in [9.17, 15) is 9.90 Å². The number of hydrogen-bond donors (Lipinski definition) is 2. The monoisotopic (exact) mass is 426 g/mol. The molecule has 30 heavy (non-hydrogen) atoms. The number of fused-ring (bicyclic) bond motifs is 3. The van der Waals surface area contributed by atoms with E-state index < -0.39 is 11.9 Å². The third-order valence-corrected chi connectivity index (χ3v) is 6.74. The van der Waals surface area contributed by atoms with Gasteiger partial charge in [-0.15, -0.1) is 0 Å². The first-order valence-corrected chi connectivity index (χ1v) is 10.6. The average molecular weight is 427 g/mol. The van der Waals surface area contributed by atoms with Gasteiger partial charge in [-0.2, -0.15) is 0 Å². The lowest BCUT2D eigenvalue weighted by Crippen LogP contribution is -2.51. The van der Waals surface area contributed by atoms with Gasteiger partial charge in [-0.05, 0) is 73.4 Å². The molecular formula is C22H23ClN4O3. The van der Waals surface area contributed by atoms with Crippen molar-refractivity contribution in [3.05, 3.63) is 41.8 Å². The number of furan rings is 1. The van der Waals surface area contributed by atoms with E-state index in [1.54, 1.807) is 6.07 Å². The van der Waals surface area contributed by atoms with Crippen molar-refractivity contribution in [3.63, 3.8) is 0 Å². The largest absolute Gasteiger partial charge is 0.481 e. The van der Waals surface area contributed by atoms with Crippen LogP contribution in [0.25, 0.3) is 22.9 Å². The van der Waals surface area contributed by atoms with Gasteiger partial charge in [0.25, 0.3) is 0 Å². The van der Waals surface area contributed by atoms with Gasteiger partial charge < -0.3 is 19.4 Å². The van der Waals surface area contributed by atoms with Gasteiger partial charge in [-0.25, -0.2) is 9.97 Å².